The number of para-hydroxylation sites is 6. The molecule has 0 aliphatic rings. The first-order chi connectivity index (χ1) is 37.1. The third kappa shape index (κ3) is 6.68. The Hall–Kier alpha value is -9.42. The maximum absolute atomic E-state index is 7.18. The summed E-state index contributed by atoms with van der Waals surface area (Å²) in [4.78, 5) is 4.89. The van der Waals surface area contributed by atoms with Crippen LogP contribution in [0.5, 0.6) is 0 Å². The summed E-state index contributed by atoms with van der Waals surface area (Å²) in [6.45, 7) is 4.41. The van der Waals surface area contributed by atoms with Crippen molar-refractivity contribution in [3.8, 4) is 22.3 Å². The van der Waals surface area contributed by atoms with Crippen molar-refractivity contribution in [2.24, 2.45) is 0 Å². The number of nitrogens with zero attached hydrogens (tertiary/aromatic N) is 2. The first kappa shape index (κ1) is 43.2. The molecule has 0 radical (unpaired) electrons. The Kier molecular flexibility index (Phi) is 9.84. The van der Waals surface area contributed by atoms with Gasteiger partial charge in [0.15, 0.2) is 11.2 Å². The van der Waals surface area contributed by atoms with E-state index < -0.39 is 0 Å². The number of furan rings is 2. The smallest absolute Gasteiger partial charge is 0.159 e. The number of thiophene rings is 1. The zero-order valence-electron chi connectivity index (χ0n) is 41.2. The Bertz CT molecular complexity index is 4760. The molecule has 0 saturated carbocycles. The highest BCUT2D eigenvalue weighted by Gasteiger charge is 2.28. The highest BCUT2D eigenvalue weighted by Crippen LogP contribution is 2.54. The lowest BCUT2D eigenvalue weighted by Gasteiger charge is -2.29. The van der Waals surface area contributed by atoms with Crippen molar-refractivity contribution in [3.63, 3.8) is 0 Å². The highest BCUT2D eigenvalue weighted by atomic mass is 32.1. The van der Waals surface area contributed by atoms with E-state index in [2.05, 4.69) is 266 Å². The van der Waals surface area contributed by atoms with Crippen LogP contribution in [0.4, 0.5) is 34.1 Å². The molecule has 354 valence electrons. The van der Waals surface area contributed by atoms with Crippen molar-refractivity contribution in [1.82, 2.24) is 0 Å². The molecule has 75 heavy (non-hydrogen) atoms. The van der Waals surface area contributed by atoms with Gasteiger partial charge < -0.3 is 18.6 Å². The van der Waals surface area contributed by atoms with Crippen LogP contribution in [0.1, 0.15) is 11.1 Å². The van der Waals surface area contributed by atoms with Gasteiger partial charge in [0.05, 0.1) is 22.7 Å². The summed E-state index contributed by atoms with van der Waals surface area (Å²) >= 11 is 1.87. The Morgan fingerprint density at radius 2 is 0.680 bits per heavy atom. The Morgan fingerprint density at radius 1 is 0.293 bits per heavy atom. The van der Waals surface area contributed by atoms with E-state index >= 15 is 0 Å². The second-order valence-corrected chi connectivity index (χ2v) is 20.6. The summed E-state index contributed by atoms with van der Waals surface area (Å²) in [6, 6.07) is 87.5. The second kappa shape index (κ2) is 17.1. The molecule has 5 heteroatoms. The lowest BCUT2D eigenvalue weighted by Crippen LogP contribution is -2.12. The number of rotatable bonds is 8. The van der Waals surface area contributed by atoms with Crippen molar-refractivity contribution in [3.05, 3.63) is 254 Å². The first-order valence-corrected chi connectivity index (χ1v) is 26.4. The van der Waals surface area contributed by atoms with Gasteiger partial charge in [-0.25, -0.2) is 0 Å². The number of hydrogen-bond donors (Lipinski definition) is 0. The fourth-order valence-corrected chi connectivity index (χ4v) is 13.1. The van der Waals surface area contributed by atoms with Gasteiger partial charge in [0.2, 0.25) is 0 Å². The quantitative estimate of drug-likeness (QED) is 0.152. The van der Waals surface area contributed by atoms with E-state index in [-0.39, 0.29) is 0 Å². The van der Waals surface area contributed by atoms with Crippen LogP contribution >= 0.6 is 11.3 Å². The summed E-state index contributed by atoms with van der Waals surface area (Å²) in [5, 5.41) is 11.5. The maximum atomic E-state index is 7.18. The third-order valence-electron chi connectivity index (χ3n) is 15.3. The van der Waals surface area contributed by atoms with E-state index in [4.69, 9.17) is 8.83 Å². The summed E-state index contributed by atoms with van der Waals surface area (Å²) in [6.07, 6.45) is 0. The fraction of sp³-hybridized carbons (Fsp3) is 0.0286. The lowest BCUT2D eigenvalue weighted by molar-refractivity contribution is 0.670. The van der Waals surface area contributed by atoms with E-state index in [1.807, 2.05) is 11.3 Å². The SMILES string of the molecule is Cc1ccccc1N(c1cc2c(sc3cc(N(c4ccccc4C)c4cccc5c4oc4c(-c6ccccc6)cccc45)c4ccccc4c32)c2ccccc12)c1cccc2c1oc1c(-c3ccccc3)cccc12. The topological polar surface area (TPSA) is 32.8 Å². The van der Waals surface area contributed by atoms with Crippen molar-refractivity contribution >= 4 is 131 Å². The molecule has 12 aromatic carbocycles. The molecule has 0 unspecified atom stereocenters. The van der Waals surface area contributed by atoms with Gasteiger partial charge in [-0.15, -0.1) is 11.3 Å². The molecule has 15 aromatic rings. The first-order valence-electron chi connectivity index (χ1n) is 25.6. The fourth-order valence-electron chi connectivity index (χ4n) is 11.9. The van der Waals surface area contributed by atoms with Crippen LogP contribution in [0.3, 0.4) is 0 Å². The van der Waals surface area contributed by atoms with Gasteiger partial charge in [0.25, 0.3) is 0 Å². The van der Waals surface area contributed by atoms with Crippen molar-refractivity contribution in [2.45, 2.75) is 13.8 Å². The van der Waals surface area contributed by atoms with Crippen LogP contribution in [0.2, 0.25) is 0 Å². The van der Waals surface area contributed by atoms with Crippen LogP contribution in [0.25, 0.3) is 108 Å². The molecule has 15 rings (SSSR count). The zero-order valence-corrected chi connectivity index (χ0v) is 42.0. The summed E-state index contributed by atoms with van der Waals surface area (Å²) < 4.78 is 16.8. The van der Waals surface area contributed by atoms with Gasteiger partial charge in [-0.1, -0.05) is 206 Å². The van der Waals surface area contributed by atoms with Crippen molar-refractivity contribution < 1.29 is 8.83 Å². The molecule has 4 nitrogen and oxygen atoms in total. The van der Waals surface area contributed by atoms with Gasteiger partial charge in [-0.3, -0.25) is 0 Å². The minimum absolute atomic E-state index is 0.848. The molecule has 0 fully saturated rings. The Morgan fingerprint density at radius 3 is 1.20 bits per heavy atom. The van der Waals surface area contributed by atoms with E-state index in [0.717, 1.165) is 117 Å². The number of fused-ring (bicyclic) bond motifs is 13. The molecule has 3 aromatic heterocycles. The Balaban J connectivity index is 0.998. The van der Waals surface area contributed by atoms with Crippen LogP contribution in [0, 0.1) is 13.8 Å². The third-order valence-corrected chi connectivity index (χ3v) is 16.5. The van der Waals surface area contributed by atoms with E-state index in [1.165, 1.54) is 36.5 Å². The molecule has 0 bridgehead atoms. The average molecular weight is 979 g/mol. The van der Waals surface area contributed by atoms with Gasteiger partial charge in [0, 0.05) is 80.4 Å². The minimum Gasteiger partial charge on any atom is -0.453 e. The second-order valence-electron chi connectivity index (χ2n) is 19.6. The largest absolute Gasteiger partial charge is 0.453 e. The predicted octanol–water partition coefficient (Wildman–Crippen LogP) is 21.1. The lowest BCUT2D eigenvalue weighted by atomic mass is 9.97. The van der Waals surface area contributed by atoms with Gasteiger partial charge >= 0.3 is 0 Å². The molecule has 0 aliphatic heterocycles. The highest BCUT2D eigenvalue weighted by molar-refractivity contribution is 7.27. The van der Waals surface area contributed by atoms with Gasteiger partial charge in [-0.2, -0.15) is 0 Å². The summed E-state index contributed by atoms with van der Waals surface area (Å²) in [7, 11) is 0. The van der Waals surface area contributed by atoms with Crippen LogP contribution in [0.15, 0.2) is 251 Å². The normalized spacial score (nSPS) is 11.9. The summed E-state index contributed by atoms with van der Waals surface area (Å²) in [5.74, 6) is 0. The molecule has 0 amide bonds. The molecule has 0 N–H and O–H groups in total. The number of benzene rings is 12. The number of anilines is 6. The molecule has 0 atom stereocenters. The predicted molar refractivity (Wildman–Crippen MR) is 319 cm³/mol. The van der Waals surface area contributed by atoms with Crippen molar-refractivity contribution in [1.29, 1.82) is 0 Å². The number of hydrogen-bond acceptors (Lipinski definition) is 5. The number of aryl methyl sites for hydroxylation is 2. The van der Waals surface area contributed by atoms with E-state index in [1.54, 1.807) is 0 Å². The zero-order chi connectivity index (χ0) is 49.7. The average Bonchev–Trinajstić information content (AvgIpc) is 4.21. The standard InChI is InChI=1S/C70H46N2O2S/c1-43-21-9-15-37-58(43)71(60-39-19-35-54-52-33-17-31-47(66(52)73-68(54)60)45-23-5-3-6-24-45)62-41-57-65-51-29-13-11-27-49(51)63(42-64(65)75-70(57)56-30-14-12-28-50(56)62)72(59-38-16-10-22-44(59)2)61-40-20-36-55-53-34-18-32-48(67(53)74-69(55)61)46-25-7-4-8-26-46/h3-42H,1-2H3. The van der Waals surface area contributed by atoms with Crippen LogP contribution < -0.4 is 9.80 Å². The molecule has 3 heterocycles. The molecule has 0 saturated heterocycles. The summed E-state index contributed by atoms with van der Waals surface area (Å²) in [5.41, 5.74) is 16.5. The molecule has 0 aliphatic carbocycles. The Labute approximate surface area is 437 Å². The van der Waals surface area contributed by atoms with Gasteiger partial charge in [-0.05, 0) is 77.9 Å². The molecule has 0 spiro atoms. The molecular formula is C70H46N2O2S. The van der Waals surface area contributed by atoms with Crippen LogP contribution in [-0.4, -0.2) is 0 Å². The minimum atomic E-state index is 0.848. The van der Waals surface area contributed by atoms with Crippen molar-refractivity contribution in [2.75, 3.05) is 9.80 Å². The van der Waals surface area contributed by atoms with Gasteiger partial charge in [0.1, 0.15) is 11.2 Å². The van der Waals surface area contributed by atoms with Crippen LogP contribution in [-0.2, 0) is 0 Å². The van der Waals surface area contributed by atoms with E-state index in [0.29, 0.717) is 0 Å². The maximum Gasteiger partial charge on any atom is 0.159 e. The molecular weight excluding hydrogens is 933 g/mol. The van der Waals surface area contributed by atoms with E-state index in [9.17, 15) is 0 Å². The monoisotopic (exact) mass is 978 g/mol.